The molecule has 188 valence electrons. The fourth-order valence-corrected chi connectivity index (χ4v) is 4.99. The minimum absolute atomic E-state index is 0.0158. The number of pyridine rings is 1. The summed E-state index contributed by atoms with van der Waals surface area (Å²) in [5.41, 5.74) is 0.792. The van der Waals surface area contributed by atoms with E-state index in [2.05, 4.69) is 25.3 Å². The lowest BCUT2D eigenvalue weighted by molar-refractivity contribution is -0.115. The molecule has 1 unspecified atom stereocenters. The van der Waals surface area contributed by atoms with E-state index >= 15 is 0 Å². The van der Waals surface area contributed by atoms with Crippen molar-refractivity contribution in [2.24, 2.45) is 0 Å². The Labute approximate surface area is 209 Å². The van der Waals surface area contributed by atoms with Gasteiger partial charge in [0.15, 0.2) is 15.6 Å². The summed E-state index contributed by atoms with van der Waals surface area (Å²) in [6.07, 6.45) is 1.01. The largest absolute Gasteiger partial charge is 0.467 e. The van der Waals surface area contributed by atoms with Crippen molar-refractivity contribution in [3.63, 3.8) is 0 Å². The zero-order valence-corrected chi connectivity index (χ0v) is 21.3. The van der Waals surface area contributed by atoms with Gasteiger partial charge in [-0.1, -0.05) is 19.1 Å². The highest BCUT2D eigenvalue weighted by Gasteiger charge is 2.43. The number of hydrogen-bond acceptors (Lipinski definition) is 9. The first-order valence-electron chi connectivity index (χ1n) is 11.5. The topological polar surface area (TPSA) is 141 Å². The Morgan fingerprint density at radius 3 is 2.47 bits per heavy atom. The van der Waals surface area contributed by atoms with E-state index in [1.165, 1.54) is 19.2 Å². The lowest BCUT2D eigenvalue weighted by Crippen LogP contribution is -2.39. The number of aryl methyl sites for hydroxylation is 2. The Bertz CT molecular complexity index is 1440. The van der Waals surface area contributed by atoms with Crippen molar-refractivity contribution in [3.8, 4) is 6.01 Å². The smallest absolute Gasteiger partial charge is 0.319 e. The quantitative estimate of drug-likeness (QED) is 0.509. The number of anilines is 1. The summed E-state index contributed by atoms with van der Waals surface area (Å²) < 4.78 is 29.1. The molecule has 2 heterocycles. The van der Waals surface area contributed by atoms with Crippen molar-refractivity contribution in [1.29, 1.82) is 0 Å². The van der Waals surface area contributed by atoms with Crippen LogP contribution in [0.3, 0.4) is 0 Å². The van der Waals surface area contributed by atoms with E-state index in [0.717, 1.165) is 0 Å². The van der Waals surface area contributed by atoms with Gasteiger partial charge in [0.2, 0.25) is 5.91 Å². The van der Waals surface area contributed by atoms with Gasteiger partial charge in [-0.3, -0.25) is 9.59 Å². The number of carbonyl (C=O) groups is 2. The maximum Gasteiger partial charge on any atom is 0.319 e. The van der Waals surface area contributed by atoms with Gasteiger partial charge in [-0.15, -0.1) is 0 Å². The number of rotatable bonds is 7. The molecule has 2 aromatic heterocycles. The van der Waals surface area contributed by atoms with Gasteiger partial charge in [0.25, 0.3) is 0 Å². The van der Waals surface area contributed by atoms with Gasteiger partial charge < -0.3 is 10.1 Å². The summed E-state index contributed by atoms with van der Waals surface area (Å²) >= 11 is 0. The monoisotopic (exact) mass is 509 g/mol. The van der Waals surface area contributed by atoms with E-state index in [0.29, 0.717) is 47.1 Å². The first-order valence-corrected chi connectivity index (χ1v) is 13.1. The third-order valence-electron chi connectivity index (χ3n) is 6.28. The van der Waals surface area contributed by atoms with Crippen LogP contribution in [-0.2, 0) is 32.9 Å². The summed E-state index contributed by atoms with van der Waals surface area (Å²) in [6.45, 7) is 5.11. The Morgan fingerprint density at radius 1 is 1.08 bits per heavy atom. The molecule has 1 amide bonds. The lowest BCUT2D eigenvalue weighted by Gasteiger charge is -2.31. The molecule has 0 saturated heterocycles. The highest BCUT2D eigenvalue weighted by Crippen LogP contribution is 2.37. The van der Waals surface area contributed by atoms with Crippen molar-refractivity contribution < 1.29 is 22.7 Å². The van der Waals surface area contributed by atoms with Crippen LogP contribution >= 0.6 is 0 Å². The molecular formula is C25H27N5O5S. The second-order valence-electron chi connectivity index (χ2n) is 8.82. The van der Waals surface area contributed by atoms with E-state index in [-0.39, 0.29) is 34.8 Å². The summed E-state index contributed by atoms with van der Waals surface area (Å²) in [5, 5.41) is 2.76. The molecule has 4 rings (SSSR count). The van der Waals surface area contributed by atoms with E-state index in [4.69, 9.17) is 4.74 Å². The number of aromatic nitrogens is 4. The summed E-state index contributed by atoms with van der Waals surface area (Å²) in [6, 6.07) is 9.68. The van der Waals surface area contributed by atoms with Crippen LogP contribution in [0, 0.1) is 6.92 Å². The van der Waals surface area contributed by atoms with Crippen molar-refractivity contribution in [2.75, 3.05) is 18.2 Å². The first-order chi connectivity index (χ1) is 17.1. The molecule has 0 aliphatic heterocycles. The Balaban J connectivity index is 1.48. The van der Waals surface area contributed by atoms with E-state index in [1.807, 2.05) is 0 Å². The molecule has 1 aliphatic carbocycles. The average molecular weight is 510 g/mol. The lowest BCUT2D eigenvalue weighted by atomic mass is 9.72. The van der Waals surface area contributed by atoms with Crippen LogP contribution in [0.5, 0.6) is 6.01 Å². The van der Waals surface area contributed by atoms with Crippen LogP contribution < -0.4 is 10.1 Å². The molecule has 0 fully saturated rings. The number of hydrogen-bond donors (Lipinski definition) is 1. The van der Waals surface area contributed by atoms with Crippen LogP contribution in [0.4, 0.5) is 5.82 Å². The number of ketones is 1. The molecule has 36 heavy (non-hydrogen) atoms. The molecule has 0 spiro atoms. The minimum atomic E-state index is -3.29. The SMILES string of the molecule is CCS(=O)(=O)c1ccc(CC(=O)Nc2ccc3c(n2)CCC(C)(c2nc(C)nc(OC)n2)C3=O)cc1. The fraction of sp³-hybridized carbons (Fsp3) is 0.360. The van der Waals surface area contributed by atoms with Crippen molar-refractivity contribution in [3.05, 3.63) is 64.9 Å². The maximum absolute atomic E-state index is 13.4. The molecular weight excluding hydrogens is 482 g/mol. The number of sulfone groups is 1. The highest BCUT2D eigenvalue weighted by molar-refractivity contribution is 7.91. The molecule has 0 saturated carbocycles. The Hall–Kier alpha value is -3.73. The molecule has 1 aromatic carbocycles. The molecule has 0 radical (unpaired) electrons. The van der Waals surface area contributed by atoms with Crippen LogP contribution in [0.25, 0.3) is 0 Å². The normalized spacial score (nSPS) is 17.4. The number of nitrogens with zero attached hydrogens (tertiary/aromatic N) is 4. The molecule has 10 nitrogen and oxygen atoms in total. The van der Waals surface area contributed by atoms with Crippen LogP contribution in [0.2, 0.25) is 0 Å². The van der Waals surface area contributed by atoms with Gasteiger partial charge in [-0.2, -0.15) is 9.97 Å². The predicted octanol–water partition coefficient (Wildman–Crippen LogP) is 2.65. The standard InChI is InChI=1S/C25H27N5O5S/c1-5-36(33,34)17-8-6-16(7-9-17)14-21(31)29-20-11-10-18-19(28-20)12-13-25(3,22(18)32)23-26-15(2)27-24(30-23)35-4/h6-11H,5,12-14H2,1-4H3,(H,28,29,31). The number of methoxy groups -OCH3 is 1. The predicted molar refractivity (Wildman–Crippen MR) is 132 cm³/mol. The molecule has 11 heteroatoms. The second-order valence-corrected chi connectivity index (χ2v) is 11.1. The van der Waals surface area contributed by atoms with Crippen molar-refractivity contribution >= 4 is 27.3 Å². The maximum atomic E-state index is 13.4. The number of carbonyl (C=O) groups excluding carboxylic acids is 2. The van der Waals surface area contributed by atoms with Crippen molar-refractivity contribution in [2.45, 2.75) is 50.3 Å². The van der Waals surface area contributed by atoms with Gasteiger partial charge in [0, 0.05) is 5.56 Å². The number of Topliss-reactive ketones (excluding diaryl/α,β-unsaturated/α-hetero) is 1. The zero-order chi connectivity index (χ0) is 26.1. The summed E-state index contributed by atoms with van der Waals surface area (Å²) in [5.74, 6) is 0.740. The molecule has 3 aromatic rings. The Morgan fingerprint density at radius 2 is 1.81 bits per heavy atom. The third kappa shape index (κ3) is 4.97. The number of nitrogens with one attached hydrogen (secondary N) is 1. The van der Waals surface area contributed by atoms with Crippen LogP contribution in [0.1, 0.15) is 53.5 Å². The molecule has 0 bridgehead atoms. The number of benzene rings is 1. The van der Waals surface area contributed by atoms with Gasteiger partial charge in [0.1, 0.15) is 17.5 Å². The summed E-state index contributed by atoms with van der Waals surface area (Å²) in [7, 11) is -1.83. The number of fused-ring (bicyclic) bond motifs is 1. The highest BCUT2D eigenvalue weighted by atomic mass is 32.2. The molecule has 1 atom stereocenters. The average Bonchev–Trinajstić information content (AvgIpc) is 2.86. The molecule has 1 N–H and O–H groups in total. The second kappa shape index (κ2) is 9.73. The van der Waals surface area contributed by atoms with Gasteiger partial charge in [-0.05, 0) is 56.5 Å². The number of amides is 1. The third-order valence-corrected chi connectivity index (χ3v) is 8.03. The molecule has 1 aliphatic rings. The van der Waals surface area contributed by atoms with Crippen LogP contribution in [0.15, 0.2) is 41.3 Å². The fourth-order valence-electron chi connectivity index (χ4n) is 4.11. The van der Waals surface area contributed by atoms with E-state index < -0.39 is 15.3 Å². The van der Waals surface area contributed by atoms with Crippen LogP contribution in [-0.4, -0.2) is 52.9 Å². The van der Waals surface area contributed by atoms with Crippen molar-refractivity contribution in [1.82, 2.24) is 19.9 Å². The first kappa shape index (κ1) is 25.4. The van der Waals surface area contributed by atoms with Gasteiger partial charge >= 0.3 is 6.01 Å². The zero-order valence-electron chi connectivity index (χ0n) is 20.5. The van der Waals surface area contributed by atoms with E-state index in [9.17, 15) is 18.0 Å². The van der Waals surface area contributed by atoms with Gasteiger partial charge in [0.05, 0.1) is 35.3 Å². The summed E-state index contributed by atoms with van der Waals surface area (Å²) in [4.78, 5) is 43.5. The minimum Gasteiger partial charge on any atom is -0.467 e. The van der Waals surface area contributed by atoms with E-state index in [1.54, 1.807) is 45.0 Å². The van der Waals surface area contributed by atoms with Gasteiger partial charge in [-0.25, -0.2) is 18.4 Å². The number of ether oxygens (including phenoxy) is 1. The Kier molecular flexibility index (Phi) is 6.85.